The van der Waals surface area contributed by atoms with E-state index in [1.165, 1.54) is 0 Å². The Bertz CT molecular complexity index is 886. The van der Waals surface area contributed by atoms with Gasteiger partial charge in [0.1, 0.15) is 5.75 Å². The molecule has 1 heterocycles. The van der Waals surface area contributed by atoms with Crippen LogP contribution in [0.1, 0.15) is 32.7 Å². The van der Waals surface area contributed by atoms with Gasteiger partial charge in [0.25, 0.3) is 5.91 Å². The van der Waals surface area contributed by atoms with E-state index >= 15 is 0 Å². The van der Waals surface area contributed by atoms with Crippen LogP contribution in [0, 0.1) is 0 Å². The van der Waals surface area contributed by atoms with Crippen molar-refractivity contribution in [3.05, 3.63) is 65.2 Å². The molecule has 1 N–H and O–H groups in total. The van der Waals surface area contributed by atoms with Crippen molar-refractivity contribution in [1.29, 1.82) is 0 Å². The summed E-state index contributed by atoms with van der Waals surface area (Å²) >= 11 is 0. The number of carbonyl (C=O) groups excluding carboxylic acids is 2. The lowest BCUT2D eigenvalue weighted by atomic mass is 10.1. The van der Waals surface area contributed by atoms with Gasteiger partial charge in [0.2, 0.25) is 5.91 Å². The molecule has 2 amide bonds. The first-order valence-corrected chi connectivity index (χ1v) is 9.51. The Balaban J connectivity index is 1.48. The van der Waals surface area contributed by atoms with Crippen molar-refractivity contribution in [3.63, 3.8) is 0 Å². The van der Waals surface area contributed by atoms with Crippen LogP contribution in [0.15, 0.2) is 48.5 Å². The van der Waals surface area contributed by atoms with E-state index in [9.17, 15) is 14.4 Å². The van der Waals surface area contributed by atoms with Gasteiger partial charge < -0.3 is 19.6 Å². The van der Waals surface area contributed by atoms with Crippen LogP contribution < -0.4 is 4.74 Å². The molecule has 1 fully saturated rings. The maximum absolute atomic E-state index is 12.7. The van der Waals surface area contributed by atoms with Crippen LogP contribution in [0.3, 0.4) is 0 Å². The number of carboxylic acids is 1. The summed E-state index contributed by atoms with van der Waals surface area (Å²) in [5, 5.41) is 8.93. The predicted molar refractivity (Wildman–Crippen MR) is 107 cm³/mol. The molecule has 2 aromatic rings. The monoisotopic (exact) mass is 396 g/mol. The van der Waals surface area contributed by atoms with Gasteiger partial charge in [-0.1, -0.05) is 18.2 Å². The third-order valence-corrected chi connectivity index (χ3v) is 5.06. The topological polar surface area (TPSA) is 87.2 Å². The van der Waals surface area contributed by atoms with E-state index < -0.39 is 5.97 Å². The lowest BCUT2D eigenvalue weighted by molar-refractivity contribution is -0.132. The van der Waals surface area contributed by atoms with Crippen molar-refractivity contribution >= 4 is 17.8 Å². The molecule has 7 nitrogen and oxygen atoms in total. The largest absolute Gasteiger partial charge is 0.497 e. The average molecular weight is 396 g/mol. The number of rotatable bonds is 6. The summed E-state index contributed by atoms with van der Waals surface area (Å²) in [6.45, 7) is 2.00. The highest BCUT2D eigenvalue weighted by Gasteiger charge is 2.24. The van der Waals surface area contributed by atoms with Crippen LogP contribution in [0.4, 0.5) is 0 Å². The van der Waals surface area contributed by atoms with Crippen molar-refractivity contribution in [2.24, 2.45) is 0 Å². The molecular weight excluding hydrogens is 372 g/mol. The number of carboxylic acid groups (broad SMARTS) is 1. The quantitative estimate of drug-likeness (QED) is 0.810. The van der Waals surface area contributed by atoms with Gasteiger partial charge in [0.15, 0.2) is 0 Å². The second-order valence-electron chi connectivity index (χ2n) is 6.91. The smallest absolute Gasteiger partial charge is 0.335 e. The van der Waals surface area contributed by atoms with Gasteiger partial charge in [-0.05, 0) is 42.3 Å². The number of ether oxygens (including phenoxy) is 1. The molecule has 0 radical (unpaired) electrons. The summed E-state index contributed by atoms with van der Waals surface area (Å²) in [4.78, 5) is 39.6. The van der Waals surface area contributed by atoms with Gasteiger partial charge in [0.05, 0.1) is 12.7 Å². The fourth-order valence-electron chi connectivity index (χ4n) is 3.32. The Morgan fingerprint density at radius 1 is 0.931 bits per heavy atom. The zero-order valence-electron chi connectivity index (χ0n) is 16.3. The molecule has 1 aliphatic heterocycles. The fraction of sp³-hybridized carbons (Fsp3) is 0.318. The minimum atomic E-state index is -0.964. The molecule has 0 aliphatic carbocycles. The van der Waals surface area contributed by atoms with E-state index in [2.05, 4.69) is 0 Å². The van der Waals surface area contributed by atoms with Gasteiger partial charge in [-0.25, -0.2) is 4.79 Å². The van der Waals surface area contributed by atoms with Crippen molar-refractivity contribution in [3.8, 4) is 5.75 Å². The second kappa shape index (κ2) is 9.23. The van der Waals surface area contributed by atoms with Crippen molar-refractivity contribution in [1.82, 2.24) is 9.80 Å². The summed E-state index contributed by atoms with van der Waals surface area (Å²) in [6.07, 6.45) is 0.915. The Labute approximate surface area is 169 Å². The van der Waals surface area contributed by atoms with Crippen LogP contribution in [-0.4, -0.2) is 66.0 Å². The van der Waals surface area contributed by atoms with Gasteiger partial charge in [-0.3, -0.25) is 9.59 Å². The Morgan fingerprint density at radius 3 is 2.21 bits per heavy atom. The summed E-state index contributed by atoms with van der Waals surface area (Å²) < 4.78 is 5.17. The molecule has 0 spiro atoms. The van der Waals surface area contributed by atoms with Crippen LogP contribution >= 0.6 is 0 Å². The van der Waals surface area contributed by atoms with Crippen molar-refractivity contribution in [2.45, 2.75) is 12.8 Å². The maximum atomic E-state index is 12.7. The zero-order valence-corrected chi connectivity index (χ0v) is 16.3. The van der Waals surface area contributed by atoms with E-state index in [1.54, 1.807) is 65.4 Å². The number of aromatic carboxylic acids is 1. The third-order valence-electron chi connectivity index (χ3n) is 5.06. The molecule has 3 rings (SSSR count). The molecule has 1 saturated heterocycles. The average Bonchev–Trinajstić information content (AvgIpc) is 2.77. The molecule has 0 bridgehead atoms. The van der Waals surface area contributed by atoms with Crippen LogP contribution in [0.5, 0.6) is 5.75 Å². The van der Waals surface area contributed by atoms with E-state index in [1.807, 2.05) is 0 Å². The number of benzene rings is 2. The number of hydrogen-bond donors (Lipinski definition) is 1. The molecule has 152 valence electrons. The van der Waals surface area contributed by atoms with E-state index in [0.29, 0.717) is 50.3 Å². The molecule has 7 heteroatoms. The summed E-state index contributed by atoms with van der Waals surface area (Å²) in [5.41, 5.74) is 1.74. The van der Waals surface area contributed by atoms with Crippen molar-refractivity contribution < 1.29 is 24.2 Å². The van der Waals surface area contributed by atoms with E-state index in [0.717, 1.165) is 5.56 Å². The molecular formula is C22H24N2O5. The molecule has 1 aliphatic rings. The van der Waals surface area contributed by atoms with Crippen molar-refractivity contribution in [2.75, 3.05) is 33.3 Å². The normalized spacial score (nSPS) is 13.8. The Hall–Kier alpha value is -3.35. The number of aryl methyl sites for hydroxylation is 1. The molecule has 0 aromatic heterocycles. The van der Waals surface area contributed by atoms with Crippen LogP contribution in [-0.2, 0) is 11.2 Å². The molecule has 0 saturated carbocycles. The summed E-state index contributed by atoms with van der Waals surface area (Å²) in [6, 6.07) is 13.6. The third kappa shape index (κ3) is 5.13. The highest BCUT2D eigenvalue weighted by atomic mass is 16.5. The van der Waals surface area contributed by atoms with Crippen LogP contribution in [0.25, 0.3) is 0 Å². The number of methoxy groups -OCH3 is 1. The number of nitrogens with zero attached hydrogens (tertiary/aromatic N) is 2. The van der Waals surface area contributed by atoms with E-state index in [4.69, 9.17) is 9.84 Å². The molecule has 2 aromatic carbocycles. The highest BCUT2D eigenvalue weighted by Crippen LogP contribution is 2.16. The molecule has 0 atom stereocenters. The Kier molecular flexibility index (Phi) is 6.49. The predicted octanol–water partition coefficient (Wildman–Crippen LogP) is 2.31. The lowest BCUT2D eigenvalue weighted by Gasteiger charge is -2.35. The lowest BCUT2D eigenvalue weighted by Crippen LogP contribution is -2.50. The second-order valence-corrected chi connectivity index (χ2v) is 6.91. The summed E-state index contributed by atoms with van der Waals surface area (Å²) in [7, 11) is 1.56. The first kappa shape index (κ1) is 20.4. The highest BCUT2D eigenvalue weighted by molar-refractivity contribution is 5.94. The fourth-order valence-corrected chi connectivity index (χ4v) is 3.32. The molecule has 29 heavy (non-hydrogen) atoms. The first-order valence-electron chi connectivity index (χ1n) is 9.51. The zero-order chi connectivity index (χ0) is 20.8. The van der Waals surface area contributed by atoms with Crippen LogP contribution in [0.2, 0.25) is 0 Å². The number of carbonyl (C=O) groups is 3. The minimum Gasteiger partial charge on any atom is -0.497 e. The van der Waals surface area contributed by atoms with Gasteiger partial charge in [-0.2, -0.15) is 0 Å². The van der Waals surface area contributed by atoms with Gasteiger partial charge in [-0.15, -0.1) is 0 Å². The molecule has 0 unspecified atom stereocenters. The van der Waals surface area contributed by atoms with Gasteiger partial charge >= 0.3 is 5.97 Å². The SMILES string of the molecule is COc1cccc(C(=O)N2CCN(C(=O)CCc3ccc(C(=O)O)cc3)CC2)c1. The van der Waals surface area contributed by atoms with Gasteiger partial charge in [0, 0.05) is 38.2 Å². The standard InChI is InChI=1S/C22H24N2O5/c1-29-19-4-2-3-18(15-19)21(26)24-13-11-23(12-14-24)20(25)10-7-16-5-8-17(9-6-16)22(27)28/h2-6,8-9,15H,7,10-14H2,1H3,(H,27,28). The Morgan fingerprint density at radius 2 is 1.59 bits per heavy atom. The number of hydrogen-bond acceptors (Lipinski definition) is 4. The number of piperazine rings is 1. The first-order chi connectivity index (χ1) is 14.0. The van der Waals surface area contributed by atoms with E-state index in [-0.39, 0.29) is 17.4 Å². The summed E-state index contributed by atoms with van der Waals surface area (Å²) in [5.74, 6) is -0.342. The maximum Gasteiger partial charge on any atom is 0.335 e. The minimum absolute atomic E-state index is 0.0424. The number of amides is 2.